The number of nitrogens with zero attached hydrogens (tertiary/aromatic N) is 2. The second-order valence-electron chi connectivity index (χ2n) is 8.04. The van der Waals surface area contributed by atoms with Crippen molar-refractivity contribution in [2.45, 2.75) is 25.3 Å². The molecule has 9 nitrogen and oxygen atoms in total. The molecule has 4 rings (SSSR count). The van der Waals surface area contributed by atoms with Gasteiger partial charge < -0.3 is 25.8 Å². The number of fused-ring (bicyclic) bond motifs is 1. The smallest absolute Gasteiger partial charge is 0.319 e. The number of nitriles is 1. The van der Waals surface area contributed by atoms with Gasteiger partial charge in [0, 0.05) is 23.7 Å². The molecule has 1 fully saturated rings. The van der Waals surface area contributed by atoms with E-state index in [9.17, 15) is 9.59 Å². The summed E-state index contributed by atoms with van der Waals surface area (Å²) in [6.45, 7) is 0.0196. The minimum Gasteiger partial charge on any atom is -0.492 e. The molecule has 13 heteroatoms. The number of aromatic nitrogens is 1. The van der Waals surface area contributed by atoms with Gasteiger partial charge in [-0.25, -0.2) is 13.6 Å². The topological polar surface area (TPSA) is 139 Å². The summed E-state index contributed by atoms with van der Waals surface area (Å²) in [5.74, 6) is -3.85. The highest BCUT2D eigenvalue weighted by atomic mass is 35.5. The second-order valence-corrected chi connectivity index (χ2v) is 8.42. The molecule has 4 N–H and O–H groups in total. The number of anilines is 1. The van der Waals surface area contributed by atoms with Crippen molar-refractivity contribution < 1.29 is 27.8 Å². The Morgan fingerprint density at radius 1 is 1.28 bits per heavy atom. The Hall–Kier alpha value is -4.11. The zero-order chi connectivity index (χ0) is 26.0. The Labute approximate surface area is 209 Å². The summed E-state index contributed by atoms with van der Waals surface area (Å²) in [5.41, 5.74) is 5.37. The second kappa shape index (κ2) is 10.3. The maximum Gasteiger partial charge on any atom is 0.319 e. The van der Waals surface area contributed by atoms with E-state index in [1.165, 1.54) is 32.2 Å². The molecular weight excluding hydrogens is 495 g/mol. The number of carbonyl (C=O) groups is 2. The van der Waals surface area contributed by atoms with E-state index < -0.39 is 34.3 Å². The first-order chi connectivity index (χ1) is 17.2. The Bertz CT molecular complexity index is 1400. The number of ether oxygens (including phenoxy) is 2. The summed E-state index contributed by atoms with van der Waals surface area (Å²) in [6.07, 6.45) is 3.09. The molecule has 0 aliphatic heterocycles. The molecule has 2 aromatic carbocycles. The normalized spacial score (nSPS) is 12.6. The van der Waals surface area contributed by atoms with Gasteiger partial charge in [0.1, 0.15) is 31.0 Å². The van der Waals surface area contributed by atoms with E-state index in [0.29, 0.717) is 0 Å². The summed E-state index contributed by atoms with van der Waals surface area (Å²) in [7, 11) is 1.32. The number of rotatable bonds is 8. The number of nitrogens with one attached hydrogen (secondary N) is 2. The first-order valence-electron chi connectivity index (χ1n) is 10.9. The van der Waals surface area contributed by atoms with Crippen LogP contribution in [0.25, 0.3) is 10.9 Å². The van der Waals surface area contributed by atoms with Crippen molar-refractivity contribution in [3.8, 4) is 23.3 Å². The van der Waals surface area contributed by atoms with Gasteiger partial charge in [-0.05, 0) is 30.4 Å². The van der Waals surface area contributed by atoms with Gasteiger partial charge in [0.25, 0.3) is 5.91 Å². The number of urea groups is 1. The SMILES string of the molecule is Bc1c(F)c(Oc2ccnc3cc(OCCC#N)c(C(N)=O)cc23)c(F)c(Cl)c1NC(=O)NC1CC1. The fraction of sp³-hybridized carbons (Fsp3) is 0.217. The molecule has 0 unspecified atom stereocenters. The van der Waals surface area contributed by atoms with E-state index in [1.54, 1.807) is 0 Å². The Kier molecular flexibility index (Phi) is 7.12. The van der Waals surface area contributed by atoms with Crippen LogP contribution in [-0.4, -0.2) is 37.4 Å². The number of hydrogen-bond donors (Lipinski definition) is 3. The predicted molar refractivity (Wildman–Crippen MR) is 131 cm³/mol. The van der Waals surface area contributed by atoms with Crippen molar-refractivity contribution in [2.75, 3.05) is 11.9 Å². The van der Waals surface area contributed by atoms with E-state index in [0.717, 1.165) is 12.8 Å². The van der Waals surface area contributed by atoms with E-state index >= 15 is 8.78 Å². The molecule has 0 atom stereocenters. The lowest BCUT2D eigenvalue weighted by Gasteiger charge is -2.17. The third-order valence-electron chi connectivity index (χ3n) is 5.42. The minimum absolute atomic E-state index is 0.0196. The quantitative estimate of drug-likeness (QED) is 0.240. The Morgan fingerprint density at radius 3 is 2.69 bits per heavy atom. The number of carbonyl (C=O) groups excluding carboxylic acids is 2. The Balaban J connectivity index is 1.72. The molecule has 36 heavy (non-hydrogen) atoms. The van der Waals surface area contributed by atoms with E-state index in [4.69, 9.17) is 32.1 Å². The number of nitrogens with two attached hydrogens (primary N) is 1. The predicted octanol–water partition coefficient (Wildman–Crippen LogP) is 2.89. The highest BCUT2D eigenvalue weighted by Crippen LogP contribution is 2.38. The van der Waals surface area contributed by atoms with Crippen molar-refractivity contribution in [3.05, 3.63) is 46.6 Å². The molecular formula is C23H19BClF2N5O4. The van der Waals surface area contributed by atoms with Crippen molar-refractivity contribution in [1.82, 2.24) is 10.3 Å². The summed E-state index contributed by atoms with van der Waals surface area (Å²) < 4.78 is 41.4. The van der Waals surface area contributed by atoms with Crippen molar-refractivity contribution in [1.29, 1.82) is 5.26 Å². The lowest BCUT2D eigenvalue weighted by Crippen LogP contribution is -2.33. The van der Waals surface area contributed by atoms with Crippen LogP contribution in [0.15, 0.2) is 24.4 Å². The lowest BCUT2D eigenvalue weighted by atomic mass is 9.92. The number of hydrogen-bond acceptors (Lipinski definition) is 6. The molecule has 3 aromatic rings. The fourth-order valence-corrected chi connectivity index (χ4v) is 3.69. The van der Waals surface area contributed by atoms with Crippen LogP contribution in [0.3, 0.4) is 0 Å². The third kappa shape index (κ3) is 5.11. The average molecular weight is 514 g/mol. The molecule has 1 aromatic heterocycles. The molecule has 0 radical (unpaired) electrons. The highest BCUT2D eigenvalue weighted by molar-refractivity contribution is 6.42. The zero-order valence-electron chi connectivity index (χ0n) is 19.0. The number of benzene rings is 2. The van der Waals surface area contributed by atoms with Gasteiger partial charge in [-0.2, -0.15) is 5.26 Å². The van der Waals surface area contributed by atoms with Crippen molar-refractivity contribution in [2.24, 2.45) is 5.73 Å². The van der Waals surface area contributed by atoms with Crippen molar-refractivity contribution >= 4 is 53.4 Å². The van der Waals surface area contributed by atoms with Crippen LogP contribution in [0.1, 0.15) is 29.6 Å². The zero-order valence-corrected chi connectivity index (χ0v) is 19.7. The summed E-state index contributed by atoms with van der Waals surface area (Å²) in [4.78, 5) is 28.3. The van der Waals surface area contributed by atoms with Crippen LogP contribution >= 0.6 is 11.6 Å². The van der Waals surface area contributed by atoms with Crippen LogP contribution in [0.4, 0.5) is 19.3 Å². The number of primary amides is 1. The molecule has 3 amide bonds. The van der Waals surface area contributed by atoms with E-state index in [1.807, 2.05) is 6.07 Å². The minimum atomic E-state index is -1.22. The van der Waals surface area contributed by atoms with Gasteiger partial charge in [-0.1, -0.05) is 11.6 Å². The molecule has 0 bridgehead atoms. The number of pyridine rings is 1. The average Bonchev–Trinajstić information content (AvgIpc) is 3.66. The standard InChI is InChI=1S/C23H19BClF2N5O4/c24-16-18(26)21(19(27)17(25)20(16)32-23(34)31-10-2-3-10)36-14-4-6-30-13-9-15(35-7-1-5-28)12(22(29)33)8-11(13)14/h4,6,8-10H,1-3,7,24H2,(H2,29,33)(H2,31,32,34). The molecule has 1 saturated carbocycles. The van der Waals surface area contributed by atoms with Gasteiger partial charge in [0.15, 0.2) is 17.4 Å². The monoisotopic (exact) mass is 513 g/mol. The molecule has 0 saturated heterocycles. The van der Waals surface area contributed by atoms with Gasteiger partial charge in [0.2, 0.25) is 0 Å². The third-order valence-corrected chi connectivity index (χ3v) is 5.77. The van der Waals surface area contributed by atoms with Crippen LogP contribution < -0.4 is 31.3 Å². The van der Waals surface area contributed by atoms with Gasteiger partial charge in [-0.15, -0.1) is 0 Å². The van der Waals surface area contributed by atoms with Crippen LogP contribution in [0.2, 0.25) is 5.02 Å². The molecule has 1 heterocycles. The number of amides is 3. The van der Waals surface area contributed by atoms with E-state index in [-0.39, 0.29) is 58.2 Å². The maximum atomic E-state index is 15.2. The first-order valence-corrected chi connectivity index (χ1v) is 11.2. The number of halogens is 3. The van der Waals surface area contributed by atoms with Crippen molar-refractivity contribution in [3.63, 3.8) is 0 Å². The van der Waals surface area contributed by atoms with E-state index in [2.05, 4.69) is 15.6 Å². The first kappa shape index (κ1) is 25.0. The van der Waals surface area contributed by atoms with Crippen LogP contribution in [0.5, 0.6) is 17.2 Å². The Morgan fingerprint density at radius 2 is 2.03 bits per heavy atom. The van der Waals surface area contributed by atoms with Gasteiger partial charge in [-0.3, -0.25) is 9.78 Å². The fourth-order valence-electron chi connectivity index (χ4n) is 3.42. The van der Waals surface area contributed by atoms with Gasteiger partial charge in [0.05, 0.1) is 29.3 Å². The largest absolute Gasteiger partial charge is 0.492 e. The lowest BCUT2D eigenvalue weighted by molar-refractivity contribution is 0.0996. The maximum absolute atomic E-state index is 15.2. The molecule has 0 spiro atoms. The summed E-state index contributed by atoms with van der Waals surface area (Å²) in [5, 5.41) is 13.4. The molecule has 1 aliphatic carbocycles. The van der Waals surface area contributed by atoms with Crippen LogP contribution in [0, 0.1) is 23.0 Å². The summed E-state index contributed by atoms with van der Waals surface area (Å²) in [6, 6.07) is 5.41. The summed E-state index contributed by atoms with van der Waals surface area (Å²) >= 11 is 6.13. The van der Waals surface area contributed by atoms with Crippen LogP contribution in [-0.2, 0) is 0 Å². The molecule has 1 aliphatic rings. The van der Waals surface area contributed by atoms with Gasteiger partial charge >= 0.3 is 6.03 Å². The highest BCUT2D eigenvalue weighted by Gasteiger charge is 2.27. The molecule has 184 valence electrons.